The lowest BCUT2D eigenvalue weighted by molar-refractivity contribution is 0.415. The molecule has 0 spiro atoms. The van der Waals surface area contributed by atoms with Crippen molar-refractivity contribution in [1.82, 2.24) is 5.32 Å². The van der Waals surface area contributed by atoms with E-state index >= 15 is 0 Å². The van der Waals surface area contributed by atoms with Gasteiger partial charge in [-0.15, -0.1) is 0 Å². The largest absolute Gasteiger partial charge is 0.497 e. The summed E-state index contributed by atoms with van der Waals surface area (Å²) in [6, 6.07) is 8.80. The fourth-order valence-electron chi connectivity index (χ4n) is 2.13. The summed E-state index contributed by atoms with van der Waals surface area (Å²) < 4.78 is 5.18. The Bertz CT molecular complexity index is 362. The highest BCUT2D eigenvalue weighted by atomic mass is 16.5. The third-order valence-electron chi connectivity index (χ3n) is 3.63. The van der Waals surface area contributed by atoms with Gasteiger partial charge in [-0.2, -0.15) is 0 Å². The van der Waals surface area contributed by atoms with E-state index in [9.17, 15) is 0 Å². The molecule has 3 heteroatoms. The van der Waals surface area contributed by atoms with Crippen molar-refractivity contribution in [3.05, 3.63) is 24.3 Å². The zero-order valence-corrected chi connectivity index (χ0v) is 13.6. The van der Waals surface area contributed by atoms with Crippen LogP contribution in [0.5, 0.6) is 5.75 Å². The van der Waals surface area contributed by atoms with Gasteiger partial charge in [0, 0.05) is 31.9 Å². The maximum atomic E-state index is 5.18. The molecular weight excluding hydrogens is 248 g/mol. The average Bonchev–Trinajstić information content (AvgIpc) is 2.45. The van der Waals surface area contributed by atoms with Gasteiger partial charge >= 0.3 is 0 Å². The lowest BCUT2D eigenvalue weighted by Crippen LogP contribution is -2.34. The van der Waals surface area contributed by atoms with Gasteiger partial charge in [-0.25, -0.2) is 0 Å². The summed E-state index contributed by atoms with van der Waals surface area (Å²) in [7, 11) is 3.82. The van der Waals surface area contributed by atoms with Gasteiger partial charge < -0.3 is 15.0 Å². The molecule has 114 valence electrons. The lowest BCUT2D eigenvalue weighted by Gasteiger charge is -2.22. The fourth-order valence-corrected chi connectivity index (χ4v) is 2.13. The molecule has 1 N–H and O–H groups in total. The summed E-state index contributed by atoms with van der Waals surface area (Å²) >= 11 is 0. The first-order chi connectivity index (χ1) is 9.52. The van der Waals surface area contributed by atoms with Crippen LogP contribution in [0.1, 0.15) is 33.6 Å². The van der Waals surface area contributed by atoms with Crippen molar-refractivity contribution in [2.45, 2.75) is 39.7 Å². The Morgan fingerprint density at radius 3 is 2.30 bits per heavy atom. The summed E-state index contributed by atoms with van der Waals surface area (Å²) in [5.41, 5.74) is 1.22. The zero-order valence-electron chi connectivity index (χ0n) is 13.6. The average molecular weight is 278 g/mol. The SMILES string of the molecule is COc1ccc(N(C)CCNC(C)CCC(C)C)cc1. The van der Waals surface area contributed by atoms with E-state index in [4.69, 9.17) is 4.74 Å². The molecule has 0 bridgehead atoms. The van der Waals surface area contributed by atoms with Gasteiger partial charge in [0.25, 0.3) is 0 Å². The molecule has 0 aromatic heterocycles. The number of likely N-dealkylation sites (N-methyl/N-ethyl adjacent to an activating group) is 1. The van der Waals surface area contributed by atoms with Crippen molar-refractivity contribution in [3.63, 3.8) is 0 Å². The molecule has 0 aliphatic heterocycles. The molecule has 0 saturated heterocycles. The third kappa shape index (κ3) is 6.29. The van der Waals surface area contributed by atoms with Crippen LogP contribution in [0.25, 0.3) is 0 Å². The van der Waals surface area contributed by atoms with Gasteiger partial charge in [0.2, 0.25) is 0 Å². The van der Waals surface area contributed by atoms with Crippen LogP contribution < -0.4 is 15.0 Å². The Kier molecular flexibility index (Phi) is 7.45. The molecule has 1 aromatic carbocycles. The van der Waals surface area contributed by atoms with Crippen molar-refractivity contribution >= 4 is 5.69 Å². The zero-order chi connectivity index (χ0) is 15.0. The predicted octanol–water partition coefficient (Wildman–Crippen LogP) is 3.55. The Balaban J connectivity index is 2.26. The van der Waals surface area contributed by atoms with Crippen LogP contribution in [0.2, 0.25) is 0 Å². The maximum Gasteiger partial charge on any atom is 0.119 e. The molecule has 0 fully saturated rings. The van der Waals surface area contributed by atoms with Crippen molar-refractivity contribution < 1.29 is 4.74 Å². The van der Waals surface area contributed by atoms with Gasteiger partial charge in [-0.1, -0.05) is 13.8 Å². The maximum absolute atomic E-state index is 5.18. The van der Waals surface area contributed by atoms with E-state index < -0.39 is 0 Å². The lowest BCUT2D eigenvalue weighted by atomic mass is 10.0. The Morgan fingerprint density at radius 1 is 1.10 bits per heavy atom. The molecule has 3 nitrogen and oxygen atoms in total. The summed E-state index contributed by atoms with van der Waals surface area (Å²) in [6.45, 7) is 8.87. The fraction of sp³-hybridized carbons (Fsp3) is 0.647. The molecule has 0 saturated carbocycles. The topological polar surface area (TPSA) is 24.5 Å². The van der Waals surface area contributed by atoms with Crippen LogP contribution in [0, 0.1) is 5.92 Å². The van der Waals surface area contributed by atoms with Gasteiger partial charge in [0.05, 0.1) is 7.11 Å². The monoisotopic (exact) mass is 278 g/mol. The number of nitrogens with zero attached hydrogens (tertiary/aromatic N) is 1. The van der Waals surface area contributed by atoms with E-state index in [0.29, 0.717) is 6.04 Å². The van der Waals surface area contributed by atoms with E-state index in [1.165, 1.54) is 18.5 Å². The molecule has 0 radical (unpaired) electrons. The van der Waals surface area contributed by atoms with Crippen LogP contribution >= 0.6 is 0 Å². The second-order valence-electron chi connectivity index (χ2n) is 5.95. The molecule has 0 aliphatic rings. The summed E-state index contributed by atoms with van der Waals surface area (Å²) in [4.78, 5) is 2.27. The van der Waals surface area contributed by atoms with E-state index in [1.54, 1.807) is 7.11 Å². The van der Waals surface area contributed by atoms with E-state index in [-0.39, 0.29) is 0 Å². The summed E-state index contributed by atoms with van der Waals surface area (Å²) in [5.74, 6) is 1.70. The van der Waals surface area contributed by atoms with Crippen molar-refractivity contribution in [2.75, 3.05) is 32.1 Å². The number of anilines is 1. The highest BCUT2D eigenvalue weighted by Gasteiger charge is 2.05. The molecule has 1 rings (SSSR count). The van der Waals surface area contributed by atoms with Gasteiger partial charge in [0.15, 0.2) is 0 Å². The first-order valence-electron chi connectivity index (χ1n) is 7.61. The molecule has 0 amide bonds. The first kappa shape index (κ1) is 16.8. The van der Waals surface area contributed by atoms with Crippen LogP contribution in [-0.4, -0.2) is 33.3 Å². The van der Waals surface area contributed by atoms with E-state index in [1.807, 2.05) is 12.1 Å². The highest BCUT2D eigenvalue weighted by Crippen LogP contribution is 2.17. The van der Waals surface area contributed by atoms with Crippen LogP contribution in [0.3, 0.4) is 0 Å². The number of ether oxygens (including phenoxy) is 1. The Morgan fingerprint density at radius 2 is 1.75 bits per heavy atom. The predicted molar refractivity (Wildman–Crippen MR) is 87.8 cm³/mol. The molecule has 20 heavy (non-hydrogen) atoms. The molecule has 1 unspecified atom stereocenters. The third-order valence-corrected chi connectivity index (χ3v) is 3.63. The van der Waals surface area contributed by atoms with Crippen LogP contribution in [-0.2, 0) is 0 Å². The van der Waals surface area contributed by atoms with E-state index in [0.717, 1.165) is 24.8 Å². The van der Waals surface area contributed by atoms with Crippen LogP contribution in [0.4, 0.5) is 5.69 Å². The molecular formula is C17H30N2O. The second-order valence-corrected chi connectivity index (χ2v) is 5.95. The Labute approximate surface area is 124 Å². The Hall–Kier alpha value is -1.22. The normalized spacial score (nSPS) is 12.5. The van der Waals surface area contributed by atoms with Gasteiger partial charge in [-0.05, 0) is 49.9 Å². The van der Waals surface area contributed by atoms with Gasteiger partial charge in [0.1, 0.15) is 5.75 Å². The van der Waals surface area contributed by atoms with Crippen LogP contribution in [0.15, 0.2) is 24.3 Å². The standard InChI is InChI=1S/C17H30N2O/c1-14(2)6-7-15(3)18-12-13-19(4)16-8-10-17(20-5)11-9-16/h8-11,14-15,18H,6-7,12-13H2,1-5H3. The second kappa shape index (κ2) is 8.85. The number of rotatable bonds is 9. The van der Waals surface area contributed by atoms with Crippen molar-refractivity contribution in [2.24, 2.45) is 5.92 Å². The van der Waals surface area contributed by atoms with Gasteiger partial charge in [-0.3, -0.25) is 0 Å². The van der Waals surface area contributed by atoms with Crippen molar-refractivity contribution in [1.29, 1.82) is 0 Å². The first-order valence-corrected chi connectivity index (χ1v) is 7.61. The van der Waals surface area contributed by atoms with Crippen molar-refractivity contribution in [3.8, 4) is 5.75 Å². The minimum absolute atomic E-state index is 0.599. The van der Waals surface area contributed by atoms with E-state index in [2.05, 4.69) is 50.2 Å². The number of nitrogens with one attached hydrogen (secondary N) is 1. The molecule has 0 heterocycles. The highest BCUT2D eigenvalue weighted by molar-refractivity contribution is 5.48. The smallest absolute Gasteiger partial charge is 0.119 e. The number of methoxy groups -OCH3 is 1. The minimum atomic E-state index is 0.599. The number of benzene rings is 1. The summed E-state index contributed by atoms with van der Waals surface area (Å²) in [5, 5.41) is 3.59. The molecule has 0 aliphatic carbocycles. The quantitative estimate of drug-likeness (QED) is 0.747. The summed E-state index contributed by atoms with van der Waals surface area (Å²) in [6.07, 6.45) is 2.55. The molecule has 1 aromatic rings. The minimum Gasteiger partial charge on any atom is -0.497 e. The number of hydrogen-bond acceptors (Lipinski definition) is 3. The number of hydrogen-bond donors (Lipinski definition) is 1. The molecule has 1 atom stereocenters.